The van der Waals surface area contributed by atoms with Crippen molar-refractivity contribution in [2.45, 2.75) is 24.8 Å². The van der Waals surface area contributed by atoms with Gasteiger partial charge in [0, 0.05) is 18.7 Å². The minimum Gasteiger partial charge on any atom is -0.370 e. The number of hydrogen-bond acceptors (Lipinski definition) is 10. The minimum absolute atomic E-state index is 0.0162. The van der Waals surface area contributed by atoms with Crippen LogP contribution in [0.2, 0.25) is 0 Å². The Balaban J connectivity index is 2.03. The normalized spacial score (nSPS) is 12.7. The molecule has 3 rings (SSSR count). The van der Waals surface area contributed by atoms with Gasteiger partial charge in [0.25, 0.3) is 0 Å². The van der Waals surface area contributed by atoms with Gasteiger partial charge >= 0.3 is 5.97 Å². The van der Waals surface area contributed by atoms with Crippen molar-refractivity contribution in [3.63, 3.8) is 0 Å². The second kappa shape index (κ2) is 10.4. The predicted octanol–water partition coefficient (Wildman–Crippen LogP) is 3.19. The monoisotopic (exact) mass is 485 g/mol. The predicted molar refractivity (Wildman–Crippen MR) is 122 cm³/mol. The molecule has 1 aromatic heterocycles. The van der Waals surface area contributed by atoms with E-state index >= 15 is 0 Å². The Labute approximate surface area is 194 Å². The Morgan fingerprint density at radius 3 is 2.42 bits per heavy atom. The number of ether oxygens (including phenoxy) is 1. The highest BCUT2D eigenvalue weighted by molar-refractivity contribution is 7.89. The molecule has 0 saturated heterocycles. The van der Waals surface area contributed by atoms with Gasteiger partial charge in [-0.15, -0.1) is 0 Å². The van der Waals surface area contributed by atoms with Gasteiger partial charge in [-0.1, -0.05) is 50.6 Å². The molecule has 170 valence electrons. The number of sulfonamides is 1. The zero-order valence-electron chi connectivity index (χ0n) is 17.7. The molecule has 0 radical (unpaired) electrons. The van der Waals surface area contributed by atoms with E-state index in [0.717, 1.165) is 11.7 Å². The molecule has 1 atom stereocenters. The van der Waals surface area contributed by atoms with E-state index in [1.54, 1.807) is 38.2 Å². The molecule has 0 aliphatic heterocycles. The number of aromatic nitrogens is 2. The SMILES string of the molecule is C#COC(=O)C(N=Nc1ccc(S(=O)(=O)N(CC)CC)c2nsnc12)C(=O)c1ccccc1. The highest BCUT2D eigenvalue weighted by Crippen LogP contribution is 2.32. The molecule has 1 heterocycles. The van der Waals surface area contributed by atoms with E-state index < -0.39 is 27.8 Å². The molecule has 0 N–H and O–H groups in total. The third kappa shape index (κ3) is 4.95. The van der Waals surface area contributed by atoms with Crippen LogP contribution >= 0.6 is 11.7 Å². The van der Waals surface area contributed by atoms with Crippen LogP contribution in [-0.4, -0.2) is 52.4 Å². The van der Waals surface area contributed by atoms with Gasteiger partial charge in [0.15, 0.2) is 0 Å². The lowest BCUT2D eigenvalue weighted by Crippen LogP contribution is -2.30. The first-order chi connectivity index (χ1) is 15.8. The van der Waals surface area contributed by atoms with E-state index in [9.17, 15) is 18.0 Å². The largest absolute Gasteiger partial charge is 0.370 e. The maximum atomic E-state index is 13.0. The lowest BCUT2D eigenvalue weighted by atomic mass is 10.1. The zero-order chi connectivity index (χ0) is 24.0. The number of carbonyl (C=O) groups is 2. The lowest BCUT2D eigenvalue weighted by molar-refractivity contribution is -0.137. The van der Waals surface area contributed by atoms with Crippen LogP contribution in [0.5, 0.6) is 0 Å². The summed E-state index contributed by atoms with van der Waals surface area (Å²) in [5, 5.41) is 7.86. The highest BCUT2D eigenvalue weighted by atomic mass is 32.2. The maximum absolute atomic E-state index is 13.0. The number of Topliss-reactive ketones (excluding diaryl/α,β-unsaturated/α-hetero) is 1. The molecular formula is C21H19N5O5S2. The molecule has 3 aromatic rings. The summed E-state index contributed by atoms with van der Waals surface area (Å²) in [7, 11) is -3.80. The Bertz CT molecular complexity index is 1340. The molecule has 0 fully saturated rings. The summed E-state index contributed by atoms with van der Waals surface area (Å²) >= 11 is 0.806. The van der Waals surface area contributed by atoms with Crippen LogP contribution in [0.3, 0.4) is 0 Å². The Morgan fingerprint density at radius 1 is 1.12 bits per heavy atom. The summed E-state index contributed by atoms with van der Waals surface area (Å²) in [6.07, 6.45) is 6.75. The fourth-order valence-electron chi connectivity index (χ4n) is 3.02. The molecule has 10 nitrogen and oxygen atoms in total. The molecule has 33 heavy (non-hydrogen) atoms. The highest BCUT2D eigenvalue weighted by Gasteiger charge is 2.30. The van der Waals surface area contributed by atoms with Crippen LogP contribution in [0.25, 0.3) is 11.0 Å². The van der Waals surface area contributed by atoms with E-state index in [0.29, 0.717) is 13.1 Å². The van der Waals surface area contributed by atoms with Crippen LogP contribution in [0.1, 0.15) is 24.2 Å². The number of ketones is 1. The third-order valence-electron chi connectivity index (χ3n) is 4.65. The molecular weight excluding hydrogens is 466 g/mol. The third-order valence-corrected chi connectivity index (χ3v) is 7.26. The summed E-state index contributed by atoms with van der Waals surface area (Å²) < 4.78 is 40.0. The van der Waals surface area contributed by atoms with E-state index in [1.807, 2.05) is 0 Å². The van der Waals surface area contributed by atoms with Crippen LogP contribution in [0.4, 0.5) is 5.69 Å². The topological polar surface area (TPSA) is 131 Å². The Hall–Kier alpha value is -3.53. The maximum Gasteiger partial charge on any atom is 0.354 e. The van der Waals surface area contributed by atoms with E-state index in [2.05, 4.69) is 23.7 Å². The van der Waals surface area contributed by atoms with E-state index in [-0.39, 0.29) is 27.2 Å². The number of hydrogen-bond donors (Lipinski definition) is 0. The number of azo groups is 1. The molecule has 2 aromatic carbocycles. The summed E-state index contributed by atoms with van der Waals surface area (Å²) in [5.74, 6) is -1.73. The van der Waals surface area contributed by atoms with Crippen LogP contribution < -0.4 is 0 Å². The van der Waals surface area contributed by atoms with Crippen molar-refractivity contribution in [3.8, 4) is 12.5 Å². The van der Waals surface area contributed by atoms with E-state index in [1.165, 1.54) is 28.6 Å². The van der Waals surface area contributed by atoms with E-state index in [4.69, 9.17) is 6.42 Å². The second-order valence-corrected chi connectivity index (χ2v) is 8.96. The number of terminal acetylenes is 1. The number of benzene rings is 2. The molecule has 1 unspecified atom stereocenters. The van der Waals surface area contributed by atoms with Gasteiger partial charge in [-0.05, 0) is 12.1 Å². The fourth-order valence-corrected chi connectivity index (χ4v) is 5.23. The van der Waals surface area contributed by atoms with Crippen molar-refractivity contribution in [1.82, 2.24) is 13.1 Å². The van der Waals surface area contributed by atoms with Gasteiger partial charge in [0.2, 0.25) is 21.8 Å². The zero-order valence-corrected chi connectivity index (χ0v) is 19.3. The fraction of sp³-hybridized carbons (Fsp3) is 0.238. The van der Waals surface area contributed by atoms with Crippen molar-refractivity contribution in [3.05, 3.63) is 48.0 Å². The lowest BCUT2D eigenvalue weighted by Gasteiger charge is -2.18. The smallest absolute Gasteiger partial charge is 0.354 e. The summed E-state index contributed by atoms with van der Waals surface area (Å²) in [5.41, 5.74) is 0.655. The van der Waals surface area contributed by atoms with Crippen molar-refractivity contribution in [2.75, 3.05) is 13.1 Å². The van der Waals surface area contributed by atoms with Crippen LogP contribution in [-0.2, 0) is 19.6 Å². The molecule has 0 aliphatic carbocycles. The Morgan fingerprint density at radius 2 is 1.79 bits per heavy atom. The molecule has 0 spiro atoms. The number of carbonyl (C=O) groups excluding carboxylic acids is 2. The van der Waals surface area contributed by atoms with Crippen molar-refractivity contribution in [1.29, 1.82) is 0 Å². The van der Waals surface area contributed by atoms with Gasteiger partial charge in [-0.25, -0.2) is 13.2 Å². The van der Waals surface area contributed by atoms with Gasteiger partial charge in [0.1, 0.15) is 27.7 Å². The van der Waals surface area contributed by atoms with Crippen LogP contribution in [0.15, 0.2) is 57.6 Å². The first-order valence-corrected chi connectivity index (χ1v) is 11.9. The summed E-state index contributed by atoms with van der Waals surface area (Å²) in [6.45, 7) is 4.05. The summed E-state index contributed by atoms with van der Waals surface area (Å²) in [6, 6.07) is 9.10. The molecule has 12 heteroatoms. The average molecular weight is 486 g/mol. The molecule has 0 saturated carbocycles. The summed E-state index contributed by atoms with van der Waals surface area (Å²) in [4.78, 5) is 25.0. The number of fused-ring (bicyclic) bond motifs is 1. The molecule has 0 aliphatic rings. The standard InChI is InChI=1S/C21H19N5O5S2/c1-4-26(5-2)33(29,30)16-13-12-15(17-18(16)25-32-24-17)22-23-19(21(28)31-6-3)20(27)14-10-8-7-9-11-14/h3,7-13,19H,4-5H2,1-2H3. The quantitative estimate of drug-likeness (QED) is 0.149. The van der Waals surface area contributed by atoms with Gasteiger partial charge < -0.3 is 4.74 Å². The molecule has 0 bridgehead atoms. The number of rotatable bonds is 9. The van der Waals surface area contributed by atoms with Crippen molar-refractivity contribution >= 4 is 50.2 Å². The first-order valence-electron chi connectivity index (χ1n) is 9.76. The average Bonchev–Trinajstić information content (AvgIpc) is 3.30. The second-order valence-electron chi connectivity index (χ2n) is 6.52. The Kier molecular flexibility index (Phi) is 7.59. The van der Waals surface area contributed by atoms with Gasteiger partial charge in [0.05, 0.1) is 11.7 Å². The first kappa shape index (κ1) is 24.1. The number of esters is 1. The van der Waals surface area contributed by atoms with Crippen LogP contribution in [0, 0.1) is 12.5 Å². The van der Waals surface area contributed by atoms with Gasteiger partial charge in [-0.2, -0.15) is 23.3 Å². The molecule has 0 amide bonds. The van der Waals surface area contributed by atoms with Gasteiger partial charge in [-0.3, -0.25) is 4.79 Å². The minimum atomic E-state index is -3.80. The van der Waals surface area contributed by atoms with Crippen molar-refractivity contribution in [2.24, 2.45) is 10.2 Å². The van der Waals surface area contributed by atoms with Crippen molar-refractivity contribution < 1.29 is 22.7 Å². The number of nitrogens with zero attached hydrogens (tertiary/aromatic N) is 5.